The van der Waals surface area contributed by atoms with E-state index in [1.165, 1.54) is 12.1 Å². The number of thiocarbonyl (C=S) groups is 1. The first-order valence-corrected chi connectivity index (χ1v) is 8.71. The second kappa shape index (κ2) is 7.55. The Labute approximate surface area is 156 Å². The molecule has 3 rings (SSSR count). The number of nitrogens with one attached hydrogen (secondary N) is 1. The number of benzene rings is 2. The summed E-state index contributed by atoms with van der Waals surface area (Å²) in [5.41, 5.74) is 1.72. The van der Waals surface area contributed by atoms with E-state index in [1.807, 2.05) is 0 Å². The van der Waals surface area contributed by atoms with Gasteiger partial charge in [0.15, 0.2) is 5.11 Å². The largest absolute Gasteiger partial charge is 0.368 e. The Balaban J connectivity index is 1.59. The molecule has 24 heavy (non-hydrogen) atoms. The molecule has 1 saturated heterocycles. The van der Waals surface area contributed by atoms with Gasteiger partial charge in [0.2, 0.25) is 0 Å². The summed E-state index contributed by atoms with van der Waals surface area (Å²) < 4.78 is 13.0. The quantitative estimate of drug-likeness (QED) is 0.760. The van der Waals surface area contributed by atoms with Crippen LogP contribution in [0.3, 0.4) is 0 Å². The van der Waals surface area contributed by atoms with Crippen LogP contribution in [0, 0.1) is 5.82 Å². The van der Waals surface area contributed by atoms with Crippen LogP contribution in [0.25, 0.3) is 0 Å². The molecular weight excluding hydrogens is 368 g/mol. The van der Waals surface area contributed by atoms with Crippen LogP contribution in [0.5, 0.6) is 0 Å². The summed E-state index contributed by atoms with van der Waals surface area (Å²) in [6.07, 6.45) is 0. The number of anilines is 2. The van der Waals surface area contributed by atoms with Gasteiger partial charge in [-0.25, -0.2) is 4.39 Å². The minimum absolute atomic E-state index is 0.221. The lowest BCUT2D eigenvalue weighted by Gasteiger charge is -2.37. The van der Waals surface area contributed by atoms with Gasteiger partial charge in [0, 0.05) is 36.9 Å². The lowest BCUT2D eigenvalue weighted by molar-refractivity contribution is 0.391. The molecule has 1 heterocycles. The zero-order valence-corrected chi connectivity index (χ0v) is 15.1. The van der Waals surface area contributed by atoms with E-state index in [-0.39, 0.29) is 5.82 Å². The highest BCUT2D eigenvalue weighted by Gasteiger charge is 2.19. The maximum absolute atomic E-state index is 13.0. The molecule has 1 fully saturated rings. The third kappa shape index (κ3) is 4.09. The summed E-state index contributed by atoms with van der Waals surface area (Å²) in [5.74, 6) is -0.221. The van der Waals surface area contributed by atoms with Gasteiger partial charge in [-0.3, -0.25) is 0 Å². The number of nitrogens with zero attached hydrogens (tertiary/aromatic N) is 2. The van der Waals surface area contributed by atoms with Gasteiger partial charge < -0.3 is 15.1 Å². The van der Waals surface area contributed by atoms with Gasteiger partial charge in [-0.1, -0.05) is 23.2 Å². The first kappa shape index (κ1) is 17.3. The predicted molar refractivity (Wildman–Crippen MR) is 103 cm³/mol. The fourth-order valence-electron chi connectivity index (χ4n) is 2.61. The highest BCUT2D eigenvalue weighted by atomic mass is 35.5. The summed E-state index contributed by atoms with van der Waals surface area (Å²) in [6, 6.07) is 11.8. The maximum atomic E-state index is 13.0. The number of rotatable bonds is 2. The predicted octanol–water partition coefficient (Wildman–Crippen LogP) is 4.65. The van der Waals surface area contributed by atoms with E-state index < -0.39 is 0 Å². The van der Waals surface area contributed by atoms with Crippen LogP contribution in [0.15, 0.2) is 42.5 Å². The molecule has 3 nitrogen and oxygen atoms in total. The first-order valence-electron chi connectivity index (χ1n) is 7.54. The van der Waals surface area contributed by atoms with E-state index >= 15 is 0 Å². The Hall–Kier alpha value is -1.56. The number of piperazine rings is 1. The van der Waals surface area contributed by atoms with Crippen LogP contribution in [0.1, 0.15) is 0 Å². The van der Waals surface area contributed by atoms with E-state index in [0.717, 1.165) is 31.9 Å². The molecule has 7 heteroatoms. The molecule has 0 amide bonds. The molecular formula is C17H16Cl2FN3S. The van der Waals surface area contributed by atoms with Crippen molar-refractivity contribution in [2.24, 2.45) is 0 Å². The van der Waals surface area contributed by atoms with Crippen molar-refractivity contribution in [1.29, 1.82) is 0 Å². The van der Waals surface area contributed by atoms with Crippen molar-refractivity contribution in [3.8, 4) is 0 Å². The monoisotopic (exact) mass is 383 g/mol. The smallest absolute Gasteiger partial charge is 0.173 e. The van der Waals surface area contributed by atoms with Gasteiger partial charge in [-0.15, -0.1) is 0 Å². The highest BCUT2D eigenvalue weighted by molar-refractivity contribution is 7.80. The fraction of sp³-hybridized carbons (Fsp3) is 0.235. The second-order valence-electron chi connectivity index (χ2n) is 5.50. The average molecular weight is 384 g/mol. The molecule has 0 atom stereocenters. The van der Waals surface area contributed by atoms with Crippen molar-refractivity contribution in [1.82, 2.24) is 4.90 Å². The lowest BCUT2D eigenvalue weighted by Crippen LogP contribution is -2.50. The molecule has 0 unspecified atom stereocenters. The van der Waals surface area contributed by atoms with Crippen LogP contribution in [-0.4, -0.2) is 36.2 Å². The average Bonchev–Trinajstić information content (AvgIpc) is 2.59. The molecule has 0 aromatic heterocycles. The third-order valence-corrected chi connectivity index (χ3v) is 4.85. The van der Waals surface area contributed by atoms with Crippen LogP contribution < -0.4 is 10.2 Å². The molecule has 1 N–H and O–H groups in total. The Morgan fingerprint density at radius 3 is 2.33 bits per heavy atom. The molecule has 0 saturated carbocycles. The highest BCUT2D eigenvalue weighted by Crippen LogP contribution is 2.26. The summed E-state index contributed by atoms with van der Waals surface area (Å²) in [5, 5.41) is 4.96. The van der Waals surface area contributed by atoms with Gasteiger partial charge in [-0.2, -0.15) is 0 Å². The molecule has 0 bridgehead atoms. The molecule has 2 aromatic rings. The van der Waals surface area contributed by atoms with Crippen LogP contribution >= 0.6 is 35.4 Å². The molecule has 1 aliphatic rings. The first-order chi connectivity index (χ1) is 11.5. The van der Waals surface area contributed by atoms with Crippen LogP contribution in [0.4, 0.5) is 15.8 Å². The Morgan fingerprint density at radius 1 is 1.00 bits per heavy atom. The molecule has 126 valence electrons. The van der Waals surface area contributed by atoms with E-state index in [4.69, 9.17) is 35.4 Å². The fourth-order valence-corrected chi connectivity index (χ4v) is 3.24. The number of hydrogen-bond donors (Lipinski definition) is 1. The van der Waals surface area contributed by atoms with Crippen LogP contribution in [-0.2, 0) is 0 Å². The third-order valence-electron chi connectivity index (χ3n) is 3.93. The van der Waals surface area contributed by atoms with E-state index in [2.05, 4.69) is 15.1 Å². The van der Waals surface area contributed by atoms with Crippen molar-refractivity contribution < 1.29 is 4.39 Å². The molecule has 0 aliphatic carbocycles. The van der Waals surface area contributed by atoms with Crippen molar-refractivity contribution in [3.63, 3.8) is 0 Å². The van der Waals surface area contributed by atoms with Crippen LogP contribution in [0.2, 0.25) is 10.0 Å². The lowest BCUT2D eigenvalue weighted by atomic mass is 10.2. The molecule has 2 aromatic carbocycles. The summed E-state index contributed by atoms with van der Waals surface area (Å²) >= 11 is 17.6. The minimum Gasteiger partial charge on any atom is -0.368 e. The van der Waals surface area contributed by atoms with Gasteiger partial charge in [0.05, 0.1) is 10.7 Å². The zero-order chi connectivity index (χ0) is 17.1. The molecule has 0 spiro atoms. The van der Waals surface area contributed by atoms with Crippen molar-refractivity contribution >= 4 is 51.9 Å². The maximum Gasteiger partial charge on any atom is 0.173 e. The van der Waals surface area contributed by atoms with E-state index in [9.17, 15) is 4.39 Å². The number of halogens is 3. The van der Waals surface area contributed by atoms with E-state index in [0.29, 0.717) is 20.8 Å². The second-order valence-corrected chi connectivity index (χ2v) is 6.74. The zero-order valence-electron chi connectivity index (χ0n) is 12.8. The van der Waals surface area contributed by atoms with Crippen molar-refractivity contribution in [2.75, 3.05) is 36.4 Å². The summed E-state index contributed by atoms with van der Waals surface area (Å²) in [7, 11) is 0. The van der Waals surface area contributed by atoms with Crippen molar-refractivity contribution in [3.05, 3.63) is 58.3 Å². The SMILES string of the molecule is Fc1ccc(N2CCN(C(=S)Nc3cc(Cl)ccc3Cl)CC2)cc1. The van der Waals surface area contributed by atoms with Gasteiger partial charge in [0.1, 0.15) is 5.82 Å². The minimum atomic E-state index is -0.221. The van der Waals surface area contributed by atoms with E-state index in [1.54, 1.807) is 30.3 Å². The standard InChI is InChI=1S/C17H16Cl2FN3S/c18-12-1-6-15(19)16(11-12)21-17(24)23-9-7-22(8-10-23)14-4-2-13(20)3-5-14/h1-6,11H,7-10H2,(H,21,24). The van der Waals surface area contributed by atoms with Gasteiger partial charge in [-0.05, 0) is 54.7 Å². The Bertz CT molecular complexity index is 731. The molecule has 1 aliphatic heterocycles. The summed E-state index contributed by atoms with van der Waals surface area (Å²) in [4.78, 5) is 4.30. The summed E-state index contributed by atoms with van der Waals surface area (Å²) in [6.45, 7) is 3.19. The topological polar surface area (TPSA) is 18.5 Å². The normalized spacial score (nSPS) is 14.6. The van der Waals surface area contributed by atoms with Gasteiger partial charge in [0.25, 0.3) is 0 Å². The molecule has 0 radical (unpaired) electrons. The Kier molecular flexibility index (Phi) is 5.43. The Morgan fingerprint density at radius 2 is 1.67 bits per heavy atom. The van der Waals surface area contributed by atoms with Gasteiger partial charge >= 0.3 is 0 Å². The van der Waals surface area contributed by atoms with Crippen molar-refractivity contribution in [2.45, 2.75) is 0 Å². The number of hydrogen-bond acceptors (Lipinski definition) is 2.